The number of aromatic carboxylic acids is 1. The van der Waals surface area contributed by atoms with E-state index in [1.54, 1.807) is 18.2 Å². The van der Waals surface area contributed by atoms with Crippen LogP contribution in [0, 0.1) is 6.92 Å². The molecule has 112 valence electrons. The summed E-state index contributed by atoms with van der Waals surface area (Å²) in [6.45, 7) is 5.33. The molecule has 0 saturated heterocycles. The van der Waals surface area contributed by atoms with Crippen LogP contribution in [0.3, 0.4) is 0 Å². The van der Waals surface area contributed by atoms with Crippen molar-refractivity contribution in [3.8, 4) is 0 Å². The lowest BCUT2D eigenvalue weighted by molar-refractivity contribution is 0.0697. The van der Waals surface area contributed by atoms with Gasteiger partial charge in [0.25, 0.3) is 0 Å². The van der Waals surface area contributed by atoms with Crippen molar-refractivity contribution in [1.82, 2.24) is 20.2 Å². The van der Waals surface area contributed by atoms with E-state index in [4.69, 9.17) is 5.11 Å². The van der Waals surface area contributed by atoms with Gasteiger partial charge in [-0.1, -0.05) is 0 Å². The third kappa shape index (κ3) is 3.31. The lowest BCUT2D eigenvalue weighted by Gasteiger charge is -2.09. The minimum absolute atomic E-state index is 0.201. The summed E-state index contributed by atoms with van der Waals surface area (Å²) >= 11 is 0. The lowest BCUT2D eigenvalue weighted by Crippen LogP contribution is -2.37. The number of carboxylic acid groups (broad SMARTS) is 1. The molecule has 0 aliphatic rings. The topological polar surface area (TPSA) is 96.3 Å². The van der Waals surface area contributed by atoms with Gasteiger partial charge in [-0.15, -0.1) is 0 Å². The molecule has 0 bridgehead atoms. The highest BCUT2D eigenvalue weighted by Crippen LogP contribution is 2.17. The molecule has 1 heterocycles. The van der Waals surface area contributed by atoms with E-state index in [9.17, 15) is 9.59 Å². The van der Waals surface area contributed by atoms with Crippen molar-refractivity contribution in [2.75, 3.05) is 13.1 Å². The van der Waals surface area contributed by atoms with E-state index in [0.29, 0.717) is 25.2 Å². The number of rotatable bonds is 5. The summed E-state index contributed by atoms with van der Waals surface area (Å²) in [5.74, 6) is -0.188. The van der Waals surface area contributed by atoms with Gasteiger partial charge in [-0.2, -0.15) is 0 Å². The Hall–Kier alpha value is -2.57. The van der Waals surface area contributed by atoms with Gasteiger partial charge in [-0.25, -0.2) is 14.6 Å². The van der Waals surface area contributed by atoms with Crippen LogP contribution in [0.5, 0.6) is 0 Å². The maximum Gasteiger partial charge on any atom is 0.335 e. The summed E-state index contributed by atoms with van der Waals surface area (Å²) in [6.07, 6.45) is 0. The van der Waals surface area contributed by atoms with Gasteiger partial charge in [-0.3, -0.25) is 0 Å². The highest BCUT2D eigenvalue weighted by Gasteiger charge is 2.10. The second-order valence-electron chi connectivity index (χ2n) is 4.61. The number of carbonyl (C=O) groups is 2. The molecule has 21 heavy (non-hydrogen) atoms. The normalized spacial score (nSPS) is 10.6. The Balaban J connectivity index is 2.14. The van der Waals surface area contributed by atoms with Crippen molar-refractivity contribution in [3.63, 3.8) is 0 Å². The summed E-state index contributed by atoms with van der Waals surface area (Å²) in [4.78, 5) is 26.6. The molecule has 1 aromatic heterocycles. The van der Waals surface area contributed by atoms with E-state index >= 15 is 0 Å². The molecule has 3 N–H and O–H groups in total. The molecular formula is C14H18N4O3. The molecule has 0 atom stereocenters. The van der Waals surface area contributed by atoms with Crippen molar-refractivity contribution in [2.45, 2.75) is 20.4 Å². The predicted octanol–water partition coefficient (Wildman–Crippen LogP) is 1.36. The largest absolute Gasteiger partial charge is 0.478 e. The molecule has 0 unspecified atom stereocenters. The number of fused-ring (bicyclic) bond motifs is 1. The van der Waals surface area contributed by atoms with Gasteiger partial charge in [0.1, 0.15) is 5.82 Å². The highest BCUT2D eigenvalue weighted by atomic mass is 16.4. The summed E-state index contributed by atoms with van der Waals surface area (Å²) in [5, 5.41) is 14.4. The fourth-order valence-corrected chi connectivity index (χ4v) is 2.17. The zero-order chi connectivity index (χ0) is 15.4. The summed E-state index contributed by atoms with van der Waals surface area (Å²) in [6, 6.07) is 4.65. The molecule has 7 heteroatoms. The fraction of sp³-hybridized carbons (Fsp3) is 0.357. The molecule has 0 radical (unpaired) electrons. The Morgan fingerprint density at radius 3 is 2.76 bits per heavy atom. The first-order chi connectivity index (χ1) is 10.0. The number of carboxylic acids is 1. The smallest absolute Gasteiger partial charge is 0.335 e. The van der Waals surface area contributed by atoms with Crippen LogP contribution in [0.15, 0.2) is 18.2 Å². The van der Waals surface area contributed by atoms with Crippen LogP contribution in [0.1, 0.15) is 23.1 Å². The van der Waals surface area contributed by atoms with Crippen molar-refractivity contribution < 1.29 is 14.7 Å². The minimum atomic E-state index is -0.970. The Labute approximate surface area is 122 Å². The number of aromatic nitrogens is 2. The maximum atomic E-state index is 11.3. The number of aryl methyl sites for hydroxylation is 1. The van der Waals surface area contributed by atoms with E-state index in [0.717, 1.165) is 11.3 Å². The summed E-state index contributed by atoms with van der Waals surface area (Å²) in [7, 11) is 0. The number of carbonyl (C=O) groups excluding carboxylic acids is 1. The number of nitrogens with zero attached hydrogens (tertiary/aromatic N) is 2. The molecule has 2 aromatic rings. The van der Waals surface area contributed by atoms with Gasteiger partial charge in [0, 0.05) is 19.6 Å². The lowest BCUT2D eigenvalue weighted by atomic mass is 10.2. The molecule has 2 rings (SSSR count). The third-order valence-electron chi connectivity index (χ3n) is 3.14. The van der Waals surface area contributed by atoms with Crippen LogP contribution in [0.2, 0.25) is 0 Å². The van der Waals surface area contributed by atoms with Gasteiger partial charge in [-0.05, 0) is 32.0 Å². The Bertz CT molecular complexity index is 678. The second-order valence-corrected chi connectivity index (χ2v) is 4.61. The van der Waals surface area contributed by atoms with Gasteiger partial charge >= 0.3 is 12.0 Å². The summed E-state index contributed by atoms with van der Waals surface area (Å²) in [5.41, 5.74) is 1.72. The first-order valence-electron chi connectivity index (χ1n) is 6.74. The van der Waals surface area contributed by atoms with Crippen LogP contribution < -0.4 is 10.6 Å². The Morgan fingerprint density at radius 2 is 2.10 bits per heavy atom. The van der Waals surface area contributed by atoms with E-state index in [1.165, 1.54) is 0 Å². The van der Waals surface area contributed by atoms with Crippen molar-refractivity contribution >= 4 is 23.0 Å². The van der Waals surface area contributed by atoms with Crippen molar-refractivity contribution in [2.24, 2.45) is 0 Å². The first kappa shape index (κ1) is 14.8. The average Bonchev–Trinajstić information content (AvgIpc) is 2.74. The van der Waals surface area contributed by atoms with E-state index in [2.05, 4.69) is 15.6 Å². The van der Waals surface area contributed by atoms with Crippen molar-refractivity contribution in [3.05, 3.63) is 29.6 Å². The fourth-order valence-electron chi connectivity index (χ4n) is 2.17. The monoisotopic (exact) mass is 290 g/mol. The molecule has 7 nitrogen and oxygen atoms in total. The number of benzene rings is 1. The van der Waals surface area contributed by atoms with Gasteiger partial charge in [0.05, 0.1) is 16.6 Å². The molecule has 2 amide bonds. The van der Waals surface area contributed by atoms with Crippen LogP contribution in [-0.4, -0.2) is 39.7 Å². The number of nitrogens with one attached hydrogen (secondary N) is 2. The number of imidazole rings is 1. The summed E-state index contributed by atoms with van der Waals surface area (Å²) < 4.78 is 1.95. The molecule has 0 aliphatic carbocycles. The standard InChI is InChI=1S/C14H18N4O3/c1-3-15-14(21)16-6-7-18-9(2)17-11-8-10(13(19)20)4-5-12(11)18/h4-5,8H,3,6-7H2,1-2H3,(H,19,20)(H2,15,16,21). The van der Waals surface area contributed by atoms with Crippen LogP contribution in [0.4, 0.5) is 4.79 Å². The van der Waals surface area contributed by atoms with Crippen molar-refractivity contribution in [1.29, 1.82) is 0 Å². The molecule has 0 saturated carbocycles. The molecule has 0 fully saturated rings. The number of urea groups is 1. The maximum absolute atomic E-state index is 11.3. The Kier molecular flexibility index (Phi) is 4.42. The quantitative estimate of drug-likeness (QED) is 0.774. The zero-order valence-electron chi connectivity index (χ0n) is 12.0. The highest BCUT2D eigenvalue weighted by molar-refractivity contribution is 5.92. The predicted molar refractivity (Wildman–Crippen MR) is 78.5 cm³/mol. The van der Waals surface area contributed by atoms with E-state index < -0.39 is 5.97 Å². The van der Waals surface area contributed by atoms with Gasteiger partial charge in [0.15, 0.2) is 0 Å². The third-order valence-corrected chi connectivity index (χ3v) is 3.14. The van der Waals surface area contributed by atoms with E-state index in [1.807, 2.05) is 18.4 Å². The SMILES string of the molecule is CCNC(=O)NCCn1c(C)nc2cc(C(=O)O)ccc21. The molecule has 0 spiro atoms. The zero-order valence-corrected chi connectivity index (χ0v) is 12.0. The molecule has 1 aromatic carbocycles. The Morgan fingerprint density at radius 1 is 1.33 bits per heavy atom. The first-order valence-corrected chi connectivity index (χ1v) is 6.74. The van der Waals surface area contributed by atoms with Gasteiger partial charge < -0.3 is 20.3 Å². The molecule has 0 aliphatic heterocycles. The minimum Gasteiger partial charge on any atom is -0.478 e. The van der Waals surface area contributed by atoms with Gasteiger partial charge in [0.2, 0.25) is 0 Å². The number of hydrogen-bond donors (Lipinski definition) is 3. The van der Waals surface area contributed by atoms with Crippen LogP contribution in [-0.2, 0) is 6.54 Å². The van der Waals surface area contributed by atoms with Crippen LogP contribution >= 0.6 is 0 Å². The average molecular weight is 290 g/mol. The van der Waals surface area contributed by atoms with Crippen LogP contribution in [0.25, 0.3) is 11.0 Å². The number of amides is 2. The second kappa shape index (κ2) is 6.25. The van der Waals surface area contributed by atoms with E-state index in [-0.39, 0.29) is 11.6 Å². The number of hydrogen-bond acceptors (Lipinski definition) is 3. The molecular weight excluding hydrogens is 272 g/mol.